The molecule has 2 unspecified atom stereocenters. The molecule has 0 radical (unpaired) electrons. The fraction of sp³-hybridized carbons (Fsp3) is 0.500. The van der Waals surface area contributed by atoms with E-state index in [1.54, 1.807) is 30.6 Å². The summed E-state index contributed by atoms with van der Waals surface area (Å²) in [6.45, 7) is 3.62. The molecule has 6 nitrogen and oxygen atoms in total. The van der Waals surface area contributed by atoms with E-state index in [0.29, 0.717) is 30.5 Å². The minimum absolute atomic E-state index is 0.0618. The highest BCUT2D eigenvalue weighted by molar-refractivity contribution is 7.12. The van der Waals surface area contributed by atoms with Gasteiger partial charge in [0.05, 0.1) is 37.4 Å². The van der Waals surface area contributed by atoms with Crippen LogP contribution in [0.2, 0.25) is 0 Å². The molecule has 2 aliphatic heterocycles. The SMILES string of the molecule is CCC1CCCCN1CC(=O)N1N=C(c2cccs2)CC1c1ccc(OC)c(OC)c1. The zero-order chi connectivity index (χ0) is 21.8. The van der Waals surface area contributed by atoms with Crippen LogP contribution in [0.4, 0.5) is 0 Å². The first-order valence-electron chi connectivity index (χ1n) is 11.0. The maximum absolute atomic E-state index is 13.5. The van der Waals surface area contributed by atoms with E-state index < -0.39 is 0 Å². The minimum Gasteiger partial charge on any atom is -0.493 e. The van der Waals surface area contributed by atoms with Gasteiger partial charge in [-0.15, -0.1) is 11.3 Å². The number of carbonyl (C=O) groups is 1. The Balaban J connectivity index is 1.61. The smallest absolute Gasteiger partial charge is 0.257 e. The van der Waals surface area contributed by atoms with E-state index in [9.17, 15) is 4.79 Å². The third-order valence-corrected chi connectivity index (χ3v) is 7.24. The summed E-state index contributed by atoms with van der Waals surface area (Å²) in [5, 5.41) is 8.57. The first-order valence-corrected chi connectivity index (χ1v) is 11.9. The molecule has 2 aromatic rings. The van der Waals surface area contributed by atoms with Crippen molar-refractivity contribution in [3.05, 3.63) is 46.2 Å². The Labute approximate surface area is 188 Å². The number of amides is 1. The molecule has 1 aromatic heterocycles. The van der Waals surface area contributed by atoms with Gasteiger partial charge < -0.3 is 9.47 Å². The number of likely N-dealkylation sites (tertiary alicyclic amines) is 1. The Hall–Kier alpha value is -2.38. The number of carbonyl (C=O) groups excluding carboxylic acids is 1. The number of hydrogen-bond donors (Lipinski definition) is 0. The topological polar surface area (TPSA) is 54.4 Å². The fourth-order valence-corrected chi connectivity index (χ4v) is 5.35. The lowest BCUT2D eigenvalue weighted by atomic mass is 9.99. The summed E-state index contributed by atoms with van der Waals surface area (Å²) in [4.78, 5) is 16.9. The number of ether oxygens (including phenoxy) is 2. The van der Waals surface area contributed by atoms with E-state index in [1.165, 1.54) is 12.8 Å². The predicted octanol–water partition coefficient (Wildman–Crippen LogP) is 4.71. The van der Waals surface area contributed by atoms with Gasteiger partial charge in [-0.2, -0.15) is 5.10 Å². The van der Waals surface area contributed by atoms with Gasteiger partial charge in [0.25, 0.3) is 5.91 Å². The molecule has 166 valence electrons. The number of benzene rings is 1. The van der Waals surface area contributed by atoms with Gasteiger partial charge in [0.1, 0.15) is 0 Å². The highest BCUT2D eigenvalue weighted by Crippen LogP contribution is 2.38. The molecular weight excluding hydrogens is 410 g/mol. The average molecular weight is 442 g/mol. The molecule has 0 aliphatic carbocycles. The lowest BCUT2D eigenvalue weighted by Crippen LogP contribution is -2.45. The molecule has 2 atom stereocenters. The van der Waals surface area contributed by atoms with Crippen molar-refractivity contribution in [2.45, 2.75) is 51.1 Å². The summed E-state index contributed by atoms with van der Waals surface area (Å²) in [6, 6.07) is 10.3. The Morgan fingerprint density at radius 2 is 2.03 bits per heavy atom. The summed E-state index contributed by atoms with van der Waals surface area (Å²) in [7, 11) is 3.26. The Kier molecular flexibility index (Phi) is 6.92. The molecule has 4 rings (SSSR count). The van der Waals surface area contributed by atoms with Crippen LogP contribution >= 0.6 is 11.3 Å². The summed E-state index contributed by atoms with van der Waals surface area (Å²) < 4.78 is 10.9. The van der Waals surface area contributed by atoms with Crippen molar-refractivity contribution in [3.63, 3.8) is 0 Å². The molecule has 1 amide bonds. The molecule has 1 fully saturated rings. The molecule has 1 saturated heterocycles. The van der Waals surface area contributed by atoms with Crippen molar-refractivity contribution in [1.29, 1.82) is 0 Å². The third-order valence-electron chi connectivity index (χ3n) is 6.32. The van der Waals surface area contributed by atoms with Crippen molar-refractivity contribution < 1.29 is 14.3 Å². The van der Waals surface area contributed by atoms with Gasteiger partial charge in [0, 0.05) is 12.5 Å². The molecule has 7 heteroatoms. The molecule has 0 spiro atoms. The first-order chi connectivity index (χ1) is 15.1. The summed E-state index contributed by atoms with van der Waals surface area (Å²) >= 11 is 1.66. The third kappa shape index (κ3) is 4.62. The van der Waals surface area contributed by atoms with E-state index in [0.717, 1.165) is 35.5 Å². The molecule has 1 aromatic carbocycles. The Bertz CT molecular complexity index is 928. The maximum Gasteiger partial charge on any atom is 0.257 e. The van der Waals surface area contributed by atoms with Crippen LogP contribution < -0.4 is 9.47 Å². The quantitative estimate of drug-likeness (QED) is 0.625. The monoisotopic (exact) mass is 441 g/mol. The lowest BCUT2D eigenvalue weighted by Gasteiger charge is -2.35. The molecule has 2 aliphatic rings. The van der Waals surface area contributed by atoms with Gasteiger partial charge in [-0.25, -0.2) is 5.01 Å². The van der Waals surface area contributed by atoms with Crippen molar-refractivity contribution in [2.24, 2.45) is 5.10 Å². The second-order valence-corrected chi connectivity index (χ2v) is 9.07. The zero-order valence-corrected chi connectivity index (χ0v) is 19.4. The zero-order valence-electron chi connectivity index (χ0n) is 18.5. The van der Waals surface area contributed by atoms with Crippen LogP contribution in [0.15, 0.2) is 40.8 Å². The van der Waals surface area contributed by atoms with E-state index >= 15 is 0 Å². The van der Waals surface area contributed by atoms with Crippen LogP contribution in [0.1, 0.15) is 55.5 Å². The average Bonchev–Trinajstić information content (AvgIpc) is 3.49. The highest BCUT2D eigenvalue weighted by Gasteiger charge is 2.35. The number of piperidine rings is 1. The standard InChI is InChI=1S/C24H31N3O3S/c1-4-18-8-5-6-12-26(18)16-24(28)27-20(15-19(25-27)23-9-7-13-31-23)17-10-11-21(29-2)22(14-17)30-3/h7,9-11,13-14,18,20H,4-6,8,12,15-16H2,1-3H3. The molecule has 0 saturated carbocycles. The molecule has 31 heavy (non-hydrogen) atoms. The van der Waals surface area contributed by atoms with Gasteiger partial charge in [-0.05, 0) is 54.9 Å². The Morgan fingerprint density at radius 3 is 2.74 bits per heavy atom. The van der Waals surface area contributed by atoms with E-state index in [2.05, 4.69) is 17.9 Å². The van der Waals surface area contributed by atoms with Crippen LogP contribution in [0.25, 0.3) is 0 Å². The van der Waals surface area contributed by atoms with Crippen molar-refractivity contribution in [2.75, 3.05) is 27.3 Å². The van der Waals surface area contributed by atoms with E-state index in [-0.39, 0.29) is 11.9 Å². The van der Waals surface area contributed by atoms with E-state index in [4.69, 9.17) is 14.6 Å². The minimum atomic E-state index is -0.144. The maximum atomic E-state index is 13.5. The number of rotatable bonds is 7. The lowest BCUT2D eigenvalue weighted by molar-refractivity contribution is -0.135. The largest absolute Gasteiger partial charge is 0.493 e. The van der Waals surface area contributed by atoms with Crippen LogP contribution in [0, 0.1) is 0 Å². The number of nitrogens with zero attached hydrogens (tertiary/aromatic N) is 3. The van der Waals surface area contributed by atoms with Crippen molar-refractivity contribution in [1.82, 2.24) is 9.91 Å². The summed E-state index contributed by atoms with van der Waals surface area (Å²) in [5.41, 5.74) is 1.97. The van der Waals surface area contributed by atoms with Crippen molar-refractivity contribution in [3.8, 4) is 11.5 Å². The van der Waals surface area contributed by atoms with Gasteiger partial charge in [0.2, 0.25) is 0 Å². The van der Waals surface area contributed by atoms with Gasteiger partial charge in [-0.1, -0.05) is 25.5 Å². The normalized spacial score (nSPS) is 21.8. The molecule has 0 N–H and O–H groups in total. The van der Waals surface area contributed by atoms with Crippen LogP contribution in [-0.2, 0) is 4.79 Å². The highest BCUT2D eigenvalue weighted by atomic mass is 32.1. The predicted molar refractivity (Wildman–Crippen MR) is 124 cm³/mol. The van der Waals surface area contributed by atoms with Gasteiger partial charge in [0.15, 0.2) is 11.5 Å². The molecule has 0 bridgehead atoms. The van der Waals surface area contributed by atoms with Crippen LogP contribution in [-0.4, -0.2) is 54.9 Å². The molecular formula is C24H31N3O3S. The number of hydrazone groups is 1. The van der Waals surface area contributed by atoms with Gasteiger partial charge >= 0.3 is 0 Å². The first kappa shape index (κ1) is 21.8. The van der Waals surface area contributed by atoms with E-state index in [1.807, 2.05) is 29.6 Å². The number of methoxy groups -OCH3 is 2. The van der Waals surface area contributed by atoms with Crippen LogP contribution in [0.5, 0.6) is 11.5 Å². The van der Waals surface area contributed by atoms with Gasteiger partial charge in [-0.3, -0.25) is 9.69 Å². The fourth-order valence-electron chi connectivity index (χ4n) is 4.63. The van der Waals surface area contributed by atoms with Crippen molar-refractivity contribution >= 4 is 23.0 Å². The second kappa shape index (κ2) is 9.83. The Morgan fingerprint density at radius 1 is 1.19 bits per heavy atom. The molecule has 3 heterocycles. The summed E-state index contributed by atoms with van der Waals surface area (Å²) in [5.74, 6) is 1.41. The number of thiophene rings is 1. The summed E-state index contributed by atoms with van der Waals surface area (Å²) in [6.07, 6.45) is 5.36. The number of hydrogen-bond acceptors (Lipinski definition) is 6. The second-order valence-electron chi connectivity index (χ2n) is 8.12. The van der Waals surface area contributed by atoms with Crippen LogP contribution in [0.3, 0.4) is 0 Å².